The van der Waals surface area contributed by atoms with E-state index in [1.54, 1.807) is 0 Å². The summed E-state index contributed by atoms with van der Waals surface area (Å²) < 4.78 is 0. The molecule has 0 aromatic heterocycles. The first-order chi connectivity index (χ1) is 9.19. The van der Waals surface area contributed by atoms with Gasteiger partial charge in [0, 0.05) is 18.7 Å². The van der Waals surface area contributed by atoms with Crippen LogP contribution >= 0.6 is 0 Å². The number of carbonyl (C=O) groups excluding carboxylic acids is 2. The van der Waals surface area contributed by atoms with Gasteiger partial charge in [-0.25, -0.2) is 0 Å². The fourth-order valence-corrected chi connectivity index (χ4v) is 1.97. The first kappa shape index (κ1) is 13.3. The maximum absolute atomic E-state index is 11.6. The van der Waals surface area contributed by atoms with Crippen molar-refractivity contribution in [2.24, 2.45) is 5.73 Å². The molecule has 0 aliphatic carbocycles. The first-order valence-corrected chi connectivity index (χ1v) is 6.26. The van der Waals surface area contributed by atoms with Gasteiger partial charge in [-0.3, -0.25) is 14.9 Å². The van der Waals surface area contributed by atoms with E-state index in [2.05, 4.69) is 10.6 Å². The lowest BCUT2D eigenvalue weighted by Crippen LogP contribution is -2.47. The monoisotopic (exact) mass is 259 g/mol. The van der Waals surface area contributed by atoms with E-state index in [-0.39, 0.29) is 17.9 Å². The maximum atomic E-state index is 11.6. The summed E-state index contributed by atoms with van der Waals surface area (Å²) >= 11 is 0. The molecule has 1 aromatic carbocycles. The number of nitrogens with two attached hydrogens (primary N) is 1. The van der Waals surface area contributed by atoms with E-state index in [1.807, 2.05) is 36.4 Å². The number of hydrogen-bond acceptors (Lipinski definition) is 4. The SMILES string of the molecule is NC/C=C/c1cccc(NC2CCC(=O)NC2=O)c1. The minimum atomic E-state index is -0.355. The third-order valence-corrected chi connectivity index (χ3v) is 2.91. The van der Waals surface area contributed by atoms with Gasteiger partial charge in [0.05, 0.1) is 0 Å². The topological polar surface area (TPSA) is 84.2 Å². The lowest BCUT2D eigenvalue weighted by molar-refractivity contribution is -0.133. The number of anilines is 1. The van der Waals surface area contributed by atoms with Crippen molar-refractivity contribution in [2.75, 3.05) is 11.9 Å². The normalized spacial score (nSPS) is 19.5. The van der Waals surface area contributed by atoms with Crippen LogP contribution in [0.2, 0.25) is 0 Å². The Morgan fingerprint density at radius 1 is 1.42 bits per heavy atom. The van der Waals surface area contributed by atoms with Crippen LogP contribution in [-0.4, -0.2) is 24.4 Å². The second-order valence-corrected chi connectivity index (χ2v) is 4.41. The van der Waals surface area contributed by atoms with Crippen LogP contribution in [0.1, 0.15) is 18.4 Å². The van der Waals surface area contributed by atoms with Crippen molar-refractivity contribution in [3.8, 4) is 0 Å². The molecule has 2 rings (SSSR count). The zero-order valence-corrected chi connectivity index (χ0v) is 10.6. The summed E-state index contributed by atoms with van der Waals surface area (Å²) in [5.41, 5.74) is 7.28. The van der Waals surface area contributed by atoms with Crippen LogP contribution in [0.25, 0.3) is 6.08 Å². The van der Waals surface area contributed by atoms with Gasteiger partial charge >= 0.3 is 0 Å². The van der Waals surface area contributed by atoms with Crippen LogP contribution in [0.3, 0.4) is 0 Å². The number of piperidine rings is 1. The number of imide groups is 1. The van der Waals surface area contributed by atoms with Crippen LogP contribution in [0.5, 0.6) is 0 Å². The molecule has 1 atom stereocenters. The predicted molar refractivity (Wildman–Crippen MR) is 74.3 cm³/mol. The fourth-order valence-electron chi connectivity index (χ4n) is 1.97. The van der Waals surface area contributed by atoms with Gasteiger partial charge in [-0.2, -0.15) is 0 Å². The molecule has 1 saturated heterocycles. The molecule has 0 saturated carbocycles. The Labute approximate surface area is 111 Å². The Balaban J connectivity index is 2.04. The molecule has 1 heterocycles. The second kappa shape index (κ2) is 6.15. The third kappa shape index (κ3) is 3.66. The van der Waals surface area contributed by atoms with Gasteiger partial charge in [0.25, 0.3) is 0 Å². The van der Waals surface area contributed by atoms with Crippen LogP contribution in [0, 0.1) is 0 Å². The highest BCUT2D eigenvalue weighted by molar-refractivity contribution is 6.01. The third-order valence-electron chi connectivity index (χ3n) is 2.91. The molecule has 1 aromatic rings. The van der Waals surface area contributed by atoms with Crippen molar-refractivity contribution in [3.05, 3.63) is 35.9 Å². The van der Waals surface area contributed by atoms with Gasteiger partial charge in [0.15, 0.2) is 0 Å². The Morgan fingerprint density at radius 2 is 2.26 bits per heavy atom. The highest BCUT2D eigenvalue weighted by Gasteiger charge is 2.26. The van der Waals surface area contributed by atoms with Crippen molar-refractivity contribution < 1.29 is 9.59 Å². The quantitative estimate of drug-likeness (QED) is 0.701. The molecule has 1 aliphatic heterocycles. The summed E-state index contributed by atoms with van der Waals surface area (Å²) in [6.45, 7) is 0.491. The van der Waals surface area contributed by atoms with Crippen LogP contribution in [0.15, 0.2) is 30.3 Å². The standard InChI is InChI=1S/C14H17N3O2/c15-8-2-4-10-3-1-5-11(9-10)16-12-6-7-13(18)17-14(12)19/h1-5,9,12,16H,6-8,15H2,(H,17,18,19)/b4-2+. The molecule has 1 fully saturated rings. The predicted octanol–water partition coefficient (Wildman–Crippen LogP) is 0.876. The molecule has 0 radical (unpaired) electrons. The Morgan fingerprint density at radius 3 is 3.00 bits per heavy atom. The smallest absolute Gasteiger partial charge is 0.249 e. The molecule has 2 amide bonds. The molecule has 0 bridgehead atoms. The van der Waals surface area contributed by atoms with Gasteiger partial charge in [-0.1, -0.05) is 24.3 Å². The summed E-state index contributed by atoms with van der Waals surface area (Å²) in [7, 11) is 0. The zero-order valence-electron chi connectivity index (χ0n) is 10.6. The van der Waals surface area contributed by atoms with E-state index < -0.39 is 0 Å². The highest BCUT2D eigenvalue weighted by Crippen LogP contribution is 2.16. The number of hydrogen-bond donors (Lipinski definition) is 3. The molecule has 19 heavy (non-hydrogen) atoms. The van der Waals surface area contributed by atoms with Gasteiger partial charge in [-0.15, -0.1) is 0 Å². The lowest BCUT2D eigenvalue weighted by Gasteiger charge is -2.22. The Hall–Kier alpha value is -2.14. The van der Waals surface area contributed by atoms with Gasteiger partial charge in [-0.05, 0) is 24.1 Å². The van der Waals surface area contributed by atoms with Gasteiger partial charge in [0.1, 0.15) is 6.04 Å². The number of nitrogens with one attached hydrogen (secondary N) is 2. The molecule has 1 aliphatic rings. The highest BCUT2D eigenvalue weighted by atomic mass is 16.2. The number of rotatable bonds is 4. The van der Waals surface area contributed by atoms with Gasteiger partial charge in [0.2, 0.25) is 11.8 Å². The number of benzene rings is 1. The molecule has 0 spiro atoms. The minimum absolute atomic E-state index is 0.206. The van der Waals surface area contributed by atoms with E-state index in [9.17, 15) is 9.59 Å². The van der Waals surface area contributed by atoms with E-state index in [0.717, 1.165) is 11.3 Å². The molecule has 4 N–H and O–H groups in total. The molecular weight excluding hydrogens is 242 g/mol. The first-order valence-electron chi connectivity index (χ1n) is 6.26. The van der Waals surface area contributed by atoms with E-state index in [0.29, 0.717) is 19.4 Å². The number of carbonyl (C=O) groups is 2. The zero-order chi connectivity index (χ0) is 13.7. The Kier molecular flexibility index (Phi) is 4.30. The molecule has 5 nitrogen and oxygen atoms in total. The molecular formula is C14H17N3O2. The molecule has 5 heteroatoms. The molecule has 100 valence electrons. The summed E-state index contributed by atoms with van der Waals surface area (Å²) in [6, 6.07) is 7.34. The lowest BCUT2D eigenvalue weighted by atomic mass is 10.1. The number of amides is 2. The summed E-state index contributed by atoms with van der Waals surface area (Å²) in [4.78, 5) is 22.7. The van der Waals surface area contributed by atoms with Crippen molar-refractivity contribution in [3.63, 3.8) is 0 Å². The summed E-state index contributed by atoms with van der Waals surface area (Å²) in [6.07, 6.45) is 4.68. The maximum Gasteiger partial charge on any atom is 0.249 e. The average Bonchev–Trinajstić information content (AvgIpc) is 2.40. The van der Waals surface area contributed by atoms with E-state index in [1.165, 1.54) is 0 Å². The largest absolute Gasteiger partial charge is 0.374 e. The summed E-state index contributed by atoms with van der Waals surface area (Å²) in [5.74, 6) is -0.471. The average molecular weight is 259 g/mol. The van der Waals surface area contributed by atoms with Crippen molar-refractivity contribution in [2.45, 2.75) is 18.9 Å². The summed E-state index contributed by atoms with van der Waals surface area (Å²) in [5, 5.41) is 5.47. The second-order valence-electron chi connectivity index (χ2n) is 4.41. The Bertz CT molecular complexity index is 511. The van der Waals surface area contributed by atoms with E-state index >= 15 is 0 Å². The van der Waals surface area contributed by atoms with E-state index in [4.69, 9.17) is 5.73 Å². The fraction of sp³-hybridized carbons (Fsp3) is 0.286. The van der Waals surface area contributed by atoms with Crippen LogP contribution < -0.4 is 16.4 Å². The van der Waals surface area contributed by atoms with Crippen LogP contribution in [-0.2, 0) is 9.59 Å². The van der Waals surface area contributed by atoms with Crippen LogP contribution in [0.4, 0.5) is 5.69 Å². The van der Waals surface area contributed by atoms with Crippen molar-refractivity contribution in [1.29, 1.82) is 0 Å². The molecule has 1 unspecified atom stereocenters. The minimum Gasteiger partial charge on any atom is -0.374 e. The van der Waals surface area contributed by atoms with Gasteiger partial charge < -0.3 is 11.1 Å². The van der Waals surface area contributed by atoms with Crippen molar-refractivity contribution in [1.82, 2.24) is 5.32 Å². The van der Waals surface area contributed by atoms with Crippen molar-refractivity contribution >= 4 is 23.6 Å².